The van der Waals surface area contributed by atoms with Crippen LogP contribution in [0.25, 0.3) is 0 Å². The fourth-order valence-electron chi connectivity index (χ4n) is 1.57. The number of aliphatic hydroxyl groups is 1. The summed E-state index contributed by atoms with van der Waals surface area (Å²) in [6, 6.07) is 0. The summed E-state index contributed by atoms with van der Waals surface area (Å²) < 4.78 is 0. The first-order chi connectivity index (χ1) is 7.43. The van der Waals surface area contributed by atoms with E-state index in [1.807, 2.05) is 39.8 Å². The van der Waals surface area contributed by atoms with Crippen molar-refractivity contribution in [1.29, 1.82) is 0 Å². The Bertz CT molecular complexity index is 287. The summed E-state index contributed by atoms with van der Waals surface area (Å²) in [4.78, 5) is 11.6. The quantitative estimate of drug-likeness (QED) is 0.703. The number of Topliss-reactive ketones (excluding diaryl/α,β-unsaturated/α-hetero) is 1. The van der Waals surface area contributed by atoms with Crippen molar-refractivity contribution in [1.82, 2.24) is 0 Å². The second-order valence-corrected chi connectivity index (χ2v) is 4.37. The minimum Gasteiger partial charge on any atom is -0.388 e. The van der Waals surface area contributed by atoms with Gasteiger partial charge in [-0.1, -0.05) is 31.6 Å². The highest BCUT2D eigenvalue weighted by atomic mass is 16.3. The van der Waals surface area contributed by atoms with E-state index in [0.717, 1.165) is 17.6 Å². The fourth-order valence-corrected chi connectivity index (χ4v) is 1.57. The van der Waals surface area contributed by atoms with Crippen LogP contribution in [0.2, 0.25) is 0 Å². The molecule has 0 heterocycles. The van der Waals surface area contributed by atoms with Crippen molar-refractivity contribution < 1.29 is 9.90 Å². The van der Waals surface area contributed by atoms with Gasteiger partial charge in [0, 0.05) is 12.3 Å². The average Bonchev–Trinajstić information content (AvgIpc) is 2.26. The SMILES string of the molecule is C/C=C(C)/C=C(\C)[C@H](O)[C@@H](C)C(=O)CCC. The van der Waals surface area contributed by atoms with Gasteiger partial charge in [0.05, 0.1) is 6.10 Å². The molecule has 1 N–H and O–H groups in total. The van der Waals surface area contributed by atoms with Crippen LogP contribution in [0.4, 0.5) is 0 Å². The second kappa shape index (κ2) is 7.39. The fraction of sp³-hybridized carbons (Fsp3) is 0.643. The Kier molecular flexibility index (Phi) is 6.98. The number of carbonyl (C=O) groups excluding carboxylic acids is 1. The molecular weight excluding hydrogens is 200 g/mol. The van der Waals surface area contributed by atoms with E-state index < -0.39 is 6.10 Å². The lowest BCUT2D eigenvalue weighted by Crippen LogP contribution is -2.26. The van der Waals surface area contributed by atoms with Gasteiger partial charge in [-0.15, -0.1) is 0 Å². The number of carbonyl (C=O) groups is 1. The van der Waals surface area contributed by atoms with Crippen LogP contribution in [0.3, 0.4) is 0 Å². The van der Waals surface area contributed by atoms with E-state index in [4.69, 9.17) is 0 Å². The molecule has 0 fully saturated rings. The number of ketones is 1. The molecular formula is C14H24O2. The minimum atomic E-state index is -0.658. The molecule has 0 aliphatic heterocycles. The lowest BCUT2D eigenvalue weighted by molar-refractivity contribution is -0.124. The van der Waals surface area contributed by atoms with Crippen molar-refractivity contribution in [3.63, 3.8) is 0 Å². The molecule has 0 aliphatic carbocycles. The predicted octanol–water partition coefficient (Wildman–Crippen LogP) is 3.27. The Balaban J connectivity index is 4.60. The molecule has 0 aromatic carbocycles. The van der Waals surface area contributed by atoms with Crippen LogP contribution in [0, 0.1) is 5.92 Å². The molecule has 0 aromatic heterocycles. The summed E-state index contributed by atoms with van der Waals surface area (Å²) >= 11 is 0. The molecule has 16 heavy (non-hydrogen) atoms. The van der Waals surface area contributed by atoms with E-state index in [-0.39, 0.29) is 11.7 Å². The maximum Gasteiger partial charge on any atom is 0.138 e. The Morgan fingerprint density at radius 3 is 2.38 bits per heavy atom. The van der Waals surface area contributed by atoms with Gasteiger partial charge in [0.2, 0.25) is 0 Å². The topological polar surface area (TPSA) is 37.3 Å². The molecule has 2 nitrogen and oxygen atoms in total. The van der Waals surface area contributed by atoms with Crippen molar-refractivity contribution in [3.8, 4) is 0 Å². The van der Waals surface area contributed by atoms with Gasteiger partial charge in [-0.05, 0) is 32.8 Å². The number of hydrogen-bond donors (Lipinski definition) is 1. The van der Waals surface area contributed by atoms with Crippen LogP contribution in [-0.2, 0) is 4.79 Å². The zero-order chi connectivity index (χ0) is 12.7. The Morgan fingerprint density at radius 1 is 1.38 bits per heavy atom. The van der Waals surface area contributed by atoms with Gasteiger partial charge in [0.1, 0.15) is 5.78 Å². The summed E-state index contributed by atoms with van der Waals surface area (Å²) in [5.41, 5.74) is 1.96. The molecule has 0 bridgehead atoms. The molecule has 0 unspecified atom stereocenters. The van der Waals surface area contributed by atoms with E-state index in [1.165, 1.54) is 0 Å². The number of allylic oxidation sites excluding steroid dienone is 3. The van der Waals surface area contributed by atoms with Gasteiger partial charge in [0.25, 0.3) is 0 Å². The van der Waals surface area contributed by atoms with Gasteiger partial charge in [-0.25, -0.2) is 0 Å². The van der Waals surface area contributed by atoms with E-state index in [9.17, 15) is 9.90 Å². The van der Waals surface area contributed by atoms with Crippen LogP contribution in [0.15, 0.2) is 23.3 Å². The average molecular weight is 224 g/mol. The normalized spacial score (nSPS) is 17.1. The highest BCUT2D eigenvalue weighted by Crippen LogP contribution is 2.17. The second-order valence-electron chi connectivity index (χ2n) is 4.37. The highest BCUT2D eigenvalue weighted by molar-refractivity contribution is 5.81. The maximum atomic E-state index is 11.6. The van der Waals surface area contributed by atoms with Crippen molar-refractivity contribution >= 4 is 5.78 Å². The van der Waals surface area contributed by atoms with Crippen LogP contribution in [0.1, 0.15) is 47.5 Å². The first-order valence-corrected chi connectivity index (χ1v) is 5.95. The standard InChI is InChI=1S/C14H24O2/c1-6-8-13(15)12(5)14(16)11(4)9-10(3)7-2/h7,9,12,14,16H,6,8H2,1-5H3/b10-7+,11-9+/t12-,14-/m0/s1. The van der Waals surface area contributed by atoms with Crippen molar-refractivity contribution in [2.75, 3.05) is 0 Å². The van der Waals surface area contributed by atoms with Crippen molar-refractivity contribution in [3.05, 3.63) is 23.3 Å². The third-order valence-electron chi connectivity index (χ3n) is 2.86. The summed E-state index contributed by atoms with van der Waals surface area (Å²) in [5, 5.41) is 10.0. The predicted molar refractivity (Wildman–Crippen MR) is 68.3 cm³/mol. The number of hydrogen-bond acceptors (Lipinski definition) is 2. The summed E-state index contributed by atoms with van der Waals surface area (Å²) in [7, 11) is 0. The Labute approximate surface area is 99.1 Å². The van der Waals surface area contributed by atoms with Crippen LogP contribution in [-0.4, -0.2) is 17.0 Å². The van der Waals surface area contributed by atoms with Crippen molar-refractivity contribution in [2.24, 2.45) is 5.92 Å². The third kappa shape index (κ3) is 4.75. The van der Waals surface area contributed by atoms with E-state index >= 15 is 0 Å². The van der Waals surface area contributed by atoms with Crippen molar-refractivity contribution in [2.45, 2.75) is 53.6 Å². The molecule has 2 heteroatoms. The molecule has 0 amide bonds. The molecule has 0 aromatic rings. The molecule has 92 valence electrons. The highest BCUT2D eigenvalue weighted by Gasteiger charge is 2.22. The van der Waals surface area contributed by atoms with E-state index in [0.29, 0.717) is 6.42 Å². The number of aliphatic hydroxyl groups excluding tert-OH is 1. The molecule has 0 rings (SSSR count). The zero-order valence-electron chi connectivity index (χ0n) is 11.1. The van der Waals surface area contributed by atoms with E-state index in [2.05, 4.69) is 0 Å². The lowest BCUT2D eigenvalue weighted by atomic mass is 9.91. The first kappa shape index (κ1) is 15.1. The summed E-state index contributed by atoms with van der Waals surface area (Å²) in [6.07, 6.45) is 4.64. The molecule has 0 radical (unpaired) electrons. The van der Waals surface area contributed by atoms with Crippen LogP contribution < -0.4 is 0 Å². The van der Waals surface area contributed by atoms with Gasteiger partial charge in [0.15, 0.2) is 0 Å². The van der Waals surface area contributed by atoms with Gasteiger partial charge in [-0.2, -0.15) is 0 Å². The minimum absolute atomic E-state index is 0.140. The van der Waals surface area contributed by atoms with Crippen LogP contribution in [0.5, 0.6) is 0 Å². The third-order valence-corrected chi connectivity index (χ3v) is 2.86. The molecule has 0 spiro atoms. The summed E-state index contributed by atoms with van der Waals surface area (Å²) in [6.45, 7) is 9.58. The molecule has 0 saturated heterocycles. The Morgan fingerprint density at radius 2 is 1.94 bits per heavy atom. The zero-order valence-corrected chi connectivity index (χ0v) is 11.1. The van der Waals surface area contributed by atoms with Gasteiger partial charge < -0.3 is 5.11 Å². The van der Waals surface area contributed by atoms with E-state index in [1.54, 1.807) is 6.92 Å². The molecule has 0 aliphatic rings. The van der Waals surface area contributed by atoms with Gasteiger partial charge in [-0.3, -0.25) is 4.79 Å². The van der Waals surface area contributed by atoms with Crippen LogP contribution >= 0.6 is 0 Å². The lowest BCUT2D eigenvalue weighted by Gasteiger charge is -2.18. The van der Waals surface area contributed by atoms with Gasteiger partial charge >= 0.3 is 0 Å². The largest absolute Gasteiger partial charge is 0.388 e. The Hall–Kier alpha value is -0.890. The maximum absolute atomic E-state index is 11.6. The monoisotopic (exact) mass is 224 g/mol. The molecule has 2 atom stereocenters. The molecule has 0 saturated carbocycles. The first-order valence-electron chi connectivity index (χ1n) is 5.95. The summed E-state index contributed by atoms with van der Waals surface area (Å²) in [5.74, 6) is -0.165. The smallest absolute Gasteiger partial charge is 0.138 e. The number of rotatable bonds is 6.